The number of benzene rings is 2. The van der Waals surface area contributed by atoms with E-state index in [0.717, 1.165) is 22.0 Å². The molecule has 0 bridgehead atoms. The minimum Gasteiger partial charge on any atom is -0.324 e. The van der Waals surface area contributed by atoms with Crippen molar-refractivity contribution < 1.29 is 0 Å². The standard InChI is InChI=1S/C22H20N4O2.ClH/c1-23(2)12-13-25-21(27)17-7-5-6-16-18-14-15(24-10-3-4-11-24)8-9-19(18)26(20(16)17)22(25)28;/h3-11,14H,12-13H2,1-2H3;1H. The summed E-state index contributed by atoms with van der Waals surface area (Å²) in [5.41, 5.74) is 2.05. The Hall–Kier alpha value is -3.09. The highest BCUT2D eigenvalue weighted by Gasteiger charge is 2.18. The quantitative estimate of drug-likeness (QED) is 0.459. The van der Waals surface area contributed by atoms with Gasteiger partial charge in [-0.25, -0.2) is 4.79 Å². The van der Waals surface area contributed by atoms with E-state index in [4.69, 9.17) is 0 Å². The fourth-order valence-corrected chi connectivity index (χ4v) is 3.95. The molecule has 148 valence electrons. The van der Waals surface area contributed by atoms with Crippen molar-refractivity contribution in [3.63, 3.8) is 0 Å². The number of para-hydroxylation sites is 1. The van der Waals surface area contributed by atoms with Crippen LogP contribution in [0.2, 0.25) is 0 Å². The molecule has 0 N–H and O–H groups in total. The van der Waals surface area contributed by atoms with E-state index in [-0.39, 0.29) is 23.7 Å². The summed E-state index contributed by atoms with van der Waals surface area (Å²) in [5, 5.41) is 2.48. The summed E-state index contributed by atoms with van der Waals surface area (Å²) in [6.45, 7) is 0.987. The number of aromatic nitrogens is 3. The van der Waals surface area contributed by atoms with Gasteiger partial charge in [0, 0.05) is 41.9 Å². The zero-order valence-electron chi connectivity index (χ0n) is 16.2. The first-order chi connectivity index (χ1) is 13.6. The second-order valence-electron chi connectivity index (χ2n) is 7.37. The number of likely N-dealkylation sites (N-methyl/N-ethyl adjacent to an activating group) is 1. The van der Waals surface area contributed by atoms with Crippen LogP contribution < -0.4 is 11.2 Å². The van der Waals surface area contributed by atoms with Crippen molar-refractivity contribution in [1.82, 2.24) is 18.4 Å². The van der Waals surface area contributed by atoms with Crippen molar-refractivity contribution in [2.24, 2.45) is 0 Å². The van der Waals surface area contributed by atoms with Crippen LogP contribution in [0, 0.1) is 0 Å². The molecule has 0 atom stereocenters. The highest BCUT2D eigenvalue weighted by atomic mass is 35.5. The molecule has 6 nitrogen and oxygen atoms in total. The summed E-state index contributed by atoms with van der Waals surface area (Å²) >= 11 is 0. The molecule has 0 aliphatic rings. The van der Waals surface area contributed by atoms with Gasteiger partial charge < -0.3 is 9.47 Å². The van der Waals surface area contributed by atoms with E-state index in [2.05, 4.69) is 6.07 Å². The molecular weight excluding hydrogens is 388 g/mol. The fourth-order valence-electron chi connectivity index (χ4n) is 3.95. The van der Waals surface area contributed by atoms with Gasteiger partial charge in [-0.1, -0.05) is 12.1 Å². The van der Waals surface area contributed by atoms with E-state index in [1.165, 1.54) is 4.57 Å². The summed E-state index contributed by atoms with van der Waals surface area (Å²) < 4.78 is 5.07. The predicted octanol–water partition coefficient (Wildman–Crippen LogP) is 2.98. The van der Waals surface area contributed by atoms with Crippen LogP contribution in [0.5, 0.6) is 0 Å². The van der Waals surface area contributed by atoms with E-state index < -0.39 is 0 Å². The average Bonchev–Trinajstić information content (AvgIpc) is 3.32. The molecule has 0 fully saturated rings. The van der Waals surface area contributed by atoms with Crippen molar-refractivity contribution in [1.29, 1.82) is 0 Å². The van der Waals surface area contributed by atoms with Crippen molar-refractivity contribution in [3.8, 4) is 5.69 Å². The van der Waals surface area contributed by atoms with Crippen LogP contribution in [-0.2, 0) is 6.54 Å². The number of hydrogen-bond donors (Lipinski definition) is 0. The van der Waals surface area contributed by atoms with Crippen molar-refractivity contribution in [3.05, 3.63) is 81.8 Å². The topological polar surface area (TPSA) is 51.6 Å². The van der Waals surface area contributed by atoms with E-state index in [1.54, 1.807) is 4.40 Å². The third kappa shape index (κ3) is 2.84. The molecule has 5 rings (SSSR count). The molecule has 0 amide bonds. The van der Waals surface area contributed by atoms with Gasteiger partial charge in [0.05, 0.1) is 16.4 Å². The third-order valence-corrected chi connectivity index (χ3v) is 5.34. The SMILES string of the molecule is CN(C)CCn1c(=O)c2cccc3c4cc(-n5cccc5)ccc4n(c1=O)c23.Cl. The van der Waals surface area contributed by atoms with E-state index >= 15 is 0 Å². The molecule has 29 heavy (non-hydrogen) atoms. The third-order valence-electron chi connectivity index (χ3n) is 5.34. The maximum absolute atomic E-state index is 13.3. The first-order valence-corrected chi connectivity index (χ1v) is 9.28. The summed E-state index contributed by atoms with van der Waals surface area (Å²) in [6.07, 6.45) is 3.98. The van der Waals surface area contributed by atoms with Crippen LogP contribution in [0.25, 0.3) is 32.9 Å². The molecule has 5 aromatic rings. The Morgan fingerprint density at radius 2 is 1.62 bits per heavy atom. The summed E-state index contributed by atoms with van der Waals surface area (Å²) in [5.74, 6) is 0. The van der Waals surface area contributed by atoms with Gasteiger partial charge in [-0.2, -0.15) is 0 Å². The molecule has 3 aromatic heterocycles. The van der Waals surface area contributed by atoms with Gasteiger partial charge in [-0.05, 0) is 50.5 Å². The van der Waals surface area contributed by atoms with Gasteiger partial charge >= 0.3 is 5.69 Å². The number of nitrogens with zero attached hydrogens (tertiary/aromatic N) is 4. The normalized spacial score (nSPS) is 11.7. The first kappa shape index (κ1) is 19.2. The Morgan fingerprint density at radius 3 is 2.34 bits per heavy atom. The van der Waals surface area contributed by atoms with Crippen LogP contribution in [0.4, 0.5) is 0 Å². The molecule has 0 aliphatic carbocycles. The van der Waals surface area contributed by atoms with Crippen LogP contribution in [0.15, 0.2) is 70.5 Å². The van der Waals surface area contributed by atoms with E-state index in [0.29, 0.717) is 24.0 Å². The number of rotatable bonds is 4. The van der Waals surface area contributed by atoms with Crippen LogP contribution in [0.3, 0.4) is 0 Å². The lowest BCUT2D eigenvalue weighted by atomic mass is 10.1. The minimum absolute atomic E-state index is 0. The fraction of sp³-hybridized carbons (Fsp3) is 0.182. The molecule has 0 saturated carbocycles. The molecule has 2 aromatic carbocycles. The molecule has 7 heteroatoms. The van der Waals surface area contributed by atoms with Gasteiger partial charge in [-0.15, -0.1) is 12.4 Å². The number of halogens is 1. The minimum atomic E-state index is -0.278. The van der Waals surface area contributed by atoms with E-state index in [1.807, 2.05) is 78.4 Å². The highest BCUT2D eigenvalue weighted by molar-refractivity contribution is 6.13. The molecule has 0 saturated heterocycles. The molecular formula is C22H21ClN4O2. The Bertz CT molecular complexity index is 1430. The first-order valence-electron chi connectivity index (χ1n) is 9.28. The molecule has 0 radical (unpaired) electrons. The molecule has 0 unspecified atom stereocenters. The monoisotopic (exact) mass is 408 g/mol. The average molecular weight is 409 g/mol. The zero-order valence-corrected chi connectivity index (χ0v) is 17.0. The second-order valence-corrected chi connectivity index (χ2v) is 7.37. The highest BCUT2D eigenvalue weighted by Crippen LogP contribution is 2.30. The zero-order chi connectivity index (χ0) is 19.4. The smallest absolute Gasteiger partial charge is 0.324 e. The lowest BCUT2D eigenvalue weighted by molar-refractivity contribution is 0.376. The van der Waals surface area contributed by atoms with Crippen LogP contribution in [0.1, 0.15) is 0 Å². The number of hydrogen-bond acceptors (Lipinski definition) is 3. The van der Waals surface area contributed by atoms with E-state index in [9.17, 15) is 9.59 Å². The predicted molar refractivity (Wildman–Crippen MR) is 119 cm³/mol. The lowest BCUT2D eigenvalue weighted by Gasteiger charge is -2.12. The summed E-state index contributed by atoms with van der Waals surface area (Å²) in [4.78, 5) is 28.3. The molecule has 0 aliphatic heterocycles. The van der Waals surface area contributed by atoms with Gasteiger partial charge in [0.2, 0.25) is 0 Å². The molecule has 3 heterocycles. The van der Waals surface area contributed by atoms with Crippen molar-refractivity contribution in [2.45, 2.75) is 6.54 Å². The largest absolute Gasteiger partial charge is 0.336 e. The summed E-state index contributed by atoms with van der Waals surface area (Å²) in [7, 11) is 3.86. The summed E-state index contributed by atoms with van der Waals surface area (Å²) in [6, 6.07) is 15.7. The van der Waals surface area contributed by atoms with Crippen LogP contribution in [-0.4, -0.2) is 39.1 Å². The Kier molecular flexibility index (Phi) is 4.68. The molecule has 0 spiro atoms. The van der Waals surface area contributed by atoms with Gasteiger partial charge in [0.25, 0.3) is 5.56 Å². The van der Waals surface area contributed by atoms with Crippen molar-refractivity contribution >= 4 is 39.6 Å². The lowest BCUT2D eigenvalue weighted by Crippen LogP contribution is -2.39. The second kappa shape index (κ2) is 7.06. The number of fused-ring (bicyclic) bond motifs is 3. The van der Waals surface area contributed by atoms with Crippen LogP contribution >= 0.6 is 12.4 Å². The van der Waals surface area contributed by atoms with Gasteiger partial charge in [0.15, 0.2) is 0 Å². The van der Waals surface area contributed by atoms with Gasteiger partial charge in [-0.3, -0.25) is 13.8 Å². The Morgan fingerprint density at radius 1 is 0.897 bits per heavy atom. The maximum atomic E-state index is 13.3. The Balaban J connectivity index is 0.00000205. The van der Waals surface area contributed by atoms with Crippen molar-refractivity contribution in [2.75, 3.05) is 20.6 Å². The Labute approximate surface area is 173 Å². The van der Waals surface area contributed by atoms with Gasteiger partial charge in [0.1, 0.15) is 0 Å². The maximum Gasteiger partial charge on any atom is 0.336 e.